The minimum Gasteiger partial charge on any atom is -0.444 e. The zero-order chi connectivity index (χ0) is 26.0. The van der Waals surface area contributed by atoms with Crippen molar-refractivity contribution in [1.82, 2.24) is 16.0 Å². The topological polar surface area (TPSA) is 117 Å². The molecule has 0 bridgehead atoms. The lowest BCUT2D eigenvalue weighted by molar-refractivity contribution is -0.123. The number of hydrogen-bond acceptors (Lipinski definition) is 5. The van der Waals surface area contributed by atoms with Gasteiger partial charge in [0.15, 0.2) is 0 Å². The second kappa shape index (κ2) is 13.1. The molecule has 0 radical (unpaired) electrons. The minimum absolute atomic E-state index is 0.0413. The van der Waals surface area contributed by atoms with Gasteiger partial charge in [0.25, 0.3) is 5.91 Å². The fraction of sp³-hybridized carbons (Fsp3) is 0.423. The first-order valence-corrected chi connectivity index (χ1v) is 11.9. The lowest BCUT2D eigenvalue weighted by atomic mass is 10.0. The maximum absolute atomic E-state index is 13.0. The highest BCUT2D eigenvalue weighted by Crippen LogP contribution is 2.21. The van der Waals surface area contributed by atoms with E-state index in [4.69, 9.17) is 16.3 Å². The van der Waals surface area contributed by atoms with E-state index in [-0.39, 0.29) is 13.2 Å². The Hall–Kier alpha value is -3.10. The first-order chi connectivity index (χ1) is 16.5. The molecule has 0 heterocycles. The summed E-state index contributed by atoms with van der Waals surface area (Å²) < 4.78 is 5.20. The lowest BCUT2D eigenvalue weighted by Crippen LogP contribution is -2.48. The van der Waals surface area contributed by atoms with Crippen molar-refractivity contribution >= 4 is 29.5 Å². The van der Waals surface area contributed by atoms with Crippen LogP contribution in [0.5, 0.6) is 0 Å². The number of alkyl halides is 1. The summed E-state index contributed by atoms with van der Waals surface area (Å²) in [5.41, 5.74) is 1.72. The van der Waals surface area contributed by atoms with Crippen LogP contribution < -0.4 is 16.0 Å². The van der Waals surface area contributed by atoms with Gasteiger partial charge in [-0.1, -0.05) is 48.0 Å². The molecular weight excluding hydrogens is 470 g/mol. The summed E-state index contributed by atoms with van der Waals surface area (Å²) in [5.74, 6) is -0.810. The quantitative estimate of drug-likeness (QED) is 0.222. The van der Waals surface area contributed by atoms with Gasteiger partial charge in [0.1, 0.15) is 17.1 Å². The number of nitrogens with one attached hydrogen (secondary N) is 3. The number of amides is 3. The van der Waals surface area contributed by atoms with Crippen LogP contribution in [0.4, 0.5) is 4.79 Å². The van der Waals surface area contributed by atoms with Gasteiger partial charge in [0.2, 0.25) is 5.91 Å². The summed E-state index contributed by atoms with van der Waals surface area (Å²) in [4.78, 5) is 37.4. The van der Waals surface area contributed by atoms with Crippen LogP contribution in [0.25, 0.3) is 11.1 Å². The Kier molecular flexibility index (Phi) is 10.5. The maximum Gasteiger partial charge on any atom is 0.407 e. The van der Waals surface area contributed by atoms with Crippen molar-refractivity contribution in [2.24, 2.45) is 0 Å². The number of carbonyl (C=O) groups is 3. The molecular formula is C26H34ClN3O5. The molecule has 1 unspecified atom stereocenters. The lowest BCUT2D eigenvalue weighted by Gasteiger charge is -2.21. The predicted octanol–water partition coefficient (Wildman–Crippen LogP) is 3.95. The van der Waals surface area contributed by atoms with E-state index in [0.29, 0.717) is 18.4 Å². The van der Waals surface area contributed by atoms with E-state index in [9.17, 15) is 19.5 Å². The summed E-state index contributed by atoms with van der Waals surface area (Å²) >= 11 is 5.91. The van der Waals surface area contributed by atoms with E-state index in [0.717, 1.165) is 16.7 Å². The van der Waals surface area contributed by atoms with Gasteiger partial charge in [0, 0.05) is 12.1 Å². The van der Waals surface area contributed by atoms with E-state index in [1.165, 1.54) is 0 Å². The Bertz CT molecular complexity index is 1000. The molecule has 0 fully saturated rings. The fourth-order valence-corrected chi connectivity index (χ4v) is 3.37. The first kappa shape index (κ1) is 28.1. The van der Waals surface area contributed by atoms with Crippen molar-refractivity contribution in [3.63, 3.8) is 0 Å². The Morgan fingerprint density at radius 3 is 2.31 bits per heavy atom. The third-order valence-electron chi connectivity index (χ3n) is 4.90. The summed E-state index contributed by atoms with van der Waals surface area (Å²) in [6.45, 7) is 7.18. The van der Waals surface area contributed by atoms with Gasteiger partial charge >= 0.3 is 6.09 Å². The molecule has 3 amide bonds. The molecule has 35 heavy (non-hydrogen) atoms. The van der Waals surface area contributed by atoms with E-state index < -0.39 is 35.1 Å². The first-order valence-electron chi connectivity index (χ1n) is 11.5. The highest BCUT2D eigenvalue weighted by atomic mass is 35.5. The van der Waals surface area contributed by atoms with Crippen LogP contribution >= 0.6 is 11.6 Å². The largest absolute Gasteiger partial charge is 0.444 e. The highest BCUT2D eigenvalue weighted by Gasteiger charge is 2.23. The molecule has 190 valence electrons. The molecule has 0 aliphatic heterocycles. The number of halogens is 1. The van der Waals surface area contributed by atoms with Crippen molar-refractivity contribution in [2.75, 3.05) is 6.54 Å². The Morgan fingerprint density at radius 1 is 1.03 bits per heavy atom. The molecule has 2 aromatic carbocycles. The second-order valence-corrected chi connectivity index (χ2v) is 9.81. The molecule has 0 saturated heterocycles. The number of rotatable bonds is 10. The molecule has 2 atom stereocenters. The minimum atomic E-state index is -0.836. The van der Waals surface area contributed by atoms with Gasteiger partial charge in [-0.3, -0.25) is 9.59 Å². The number of aliphatic hydroxyl groups is 1. The van der Waals surface area contributed by atoms with Crippen molar-refractivity contribution < 1.29 is 24.2 Å². The Labute approximate surface area is 211 Å². The van der Waals surface area contributed by atoms with Gasteiger partial charge in [-0.15, -0.1) is 0 Å². The molecule has 0 saturated carbocycles. The molecule has 2 rings (SSSR count). The van der Waals surface area contributed by atoms with Crippen LogP contribution in [0.1, 0.15) is 56.5 Å². The molecule has 2 aromatic rings. The number of hydrogen-bond donors (Lipinski definition) is 4. The molecule has 4 N–H and O–H groups in total. The van der Waals surface area contributed by atoms with Crippen LogP contribution in [0.15, 0.2) is 48.5 Å². The Balaban J connectivity index is 2.05. The van der Waals surface area contributed by atoms with Gasteiger partial charge in [-0.2, -0.15) is 0 Å². The van der Waals surface area contributed by atoms with Gasteiger partial charge in [-0.05, 0) is 69.4 Å². The number of alkyl carbamates (subject to hydrolysis) is 1. The third-order valence-corrected chi connectivity index (χ3v) is 5.00. The van der Waals surface area contributed by atoms with Crippen LogP contribution in [-0.2, 0) is 16.1 Å². The van der Waals surface area contributed by atoms with Crippen molar-refractivity contribution in [3.8, 4) is 11.1 Å². The highest BCUT2D eigenvalue weighted by molar-refractivity contribution is 6.21. The summed E-state index contributed by atoms with van der Waals surface area (Å²) in [5, 5.41) is 17.3. The van der Waals surface area contributed by atoms with Crippen LogP contribution in [-0.4, -0.2) is 46.7 Å². The zero-order valence-corrected chi connectivity index (χ0v) is 21.3. The van der Waals surface area contributed by atoms with E-state index >= 15 is 0 Å². The average molecular weight is 504 g/mol. The molecule has 0 aromatic heterocycles. The van der Waals surface area contributed by atoms with E-state index in [1.807, 2.05) is 30.3 Å². The third kappa shape index (κ3) is 9.96. The molecule has 0 spiro atoms. The molecule has 0 aliphatic carbocycles. The smallest absolute Gasteiger partial charge is 0.407 e. The van der Waals surface area contributed by atoms with Gasteiger partial charge in [-0.25, -0.2) is 4.79 Å². The van der Waals surface area contributed by atoms with Crippen LogP contribution in [0.2, 0.25) is 0 Å². The SMILES string of the molecule is CC(Cl)NC(=O)[C@H](CCCNC(=O)OC(C)(C)C)NC(=O)c1cccc(-c2ccc(CO)cc2)c1. The summed E-state index contributed by atoms with van der Waals surface area (Å²) in [6, 6.07) is 13.6. The number of ether oxygens (including phenoxy) is 1. The molecule has 8 nitrogen and oxygen atoms in total. The van der Waals surface area contributed by atoms with Gasteiger partial charge in [0.05, 0.1) is 6.61 Å². The number of aliphatic hydroxyl groups excluding tert-OH is 1. The predicted molar refractivity (Wildman–Crippen MR) is 136 cm³/mol. The summed E-state index contributed by atoms with van der Waals surface area (Å²) in [7, 11) is 0. The van der Waals surface area contributed by atoms with E-state index in [2.05, 4.69) is 16.0 Å². The fourth-order valence-electron chi connectivity index (χ4n) is 3.26. The second-order valence-electron chi connectivity index (χ2n) is 9.16. The monoisotopic (exact) mass is 503 g/mol. The number of carbonyl (C=O) groups excluding carboxylic acids is 3. The number of benzene rings is 2. The maximum atomic E-state index is 13.0. The van der Waals surface area contributed by atoms with Gasteiger partial charge < -0.3 is 25.8 Å². The van der Waals surface area contributed by atoms with Crippen molar-refractivity contribution in [2.45, 2.75) is 64.3 Å². The Morgan fingerprint density at radius 2 is 1.71 bits per heavy atom. The normalized spacial score (nSPS) is 12.9. The summed E-state index contributed by atoms with van der Waals surface area (Å²) in [6.07, 6.45) is 0.186. The standard InChI is InChI=1S/C26H34ClN3O5/c1-17(27)29-24(33)22(9-6-14-28-25(34)35-26(2,3)4)30-23(32)21-8-5-7-20(15-21)19-12-10-18(16-31)11-13-19/h5,7-8,10-13,15,17,22,31H,6,9,14,16H2,1-4H3,(H,28,34)(H,29,33)(H,30,32)/t17?,22-/m0/s1. The van der Waals surface area contributed by atoms with Crippen molar-refractivity contribution in [3.05, 3.63) is 59.7 Å². The average Bonchev–Trinajstić information content (AvgIpc) is 2.79. The van der Waals surface area contributed by atoms with E-state index in [1.54, 1.807) is 45.9 Å². The van der Waals surface area contributed by atoms with Crippen molar-refractivity contribution in [1.29, 1.82) is 0 Å². The molecule has 0 aliphatic rings. The molecule has 9 heteroatoms. The zero-order valence-electron chi connectivity index (χ0n) is 20.6. The van der Waals surface area contributed by atoms with Crippen LogP contribution in [0.3, 0.4) is 0 Å². The van der Waals surface area contributed by atoms with Crippen LogP contribution in [0, 0.1) is 0 Å².